The van der Waals surface area contributed by atoms with Crippen LogP contribution in [0.2, 0.25) is 0 Å². The van der Waals surface area contributed by atoms with Crippen LogP contribution in [0.1, 0.15) is 26.6 Å². The number of hydrogen-bond donors (Lipinski definition) is 0. The number of nitriles is 1. The molecule has 0 amide bonds. The smallest absolute Gasteiger partial charge is 0.343 e. The zero-order valence-electron chi connectivity index (χ0n) is 17.5. The van der Waals surface area contributed by atoms with Gasteiger partial charge in [-0.25, -0.2) is 9.78 Å². The largest absolute Gasteiger partial charge is 0.493 e. The molecule has 0 saturated heterocycles. The van der Waals surface area contributed by atoms with E-state index < -0.39 is 5.97 Å². The second-order valence-electron chi connectivity index (χ2n) is 6.33. The number of thiazole rings is 1. The number of carbonyl (C=O) groups excluding carboxylic acids is 1. The van der Waals surface area contributed by atoms with Gasteiger partial charge in [-0.1, -0.05) is 6.07 Å². The summed E-state index contributed by atoms with van der Waals surface area (Å²) in [6.07, 6.45) is 1.71. The lowest BCUT2D eigenvalue weighted by molar-refractivity contribution is 0.0729. The molecule has 0 fully saturated rings. The number of aromatic nitrogens is 1. The zero-order valence-corrected chi connectivity index (χ0v) is 18.3. The fourth-order valence-corrected chi connectivity index (χ4v) is 3.53. The van der Waals surface area contributed by atoms with Crippen LogP contribution in [0.15, 0.2) is 41.8 Å². The third-order valence-electron chi connectivity index (χ3n) is 4.29. The van der Waals surface area contributed by atoms with Crippen LogP contribution in [0.4, 0.5) is 0 Å². The highest BCUT2D eigenvalue weighted by molar-refractivity contribution is 7.11. The molecule has 3 rings (SSSR count). The van der Waals surface area contributed by atoms with Crippen molar-refractivity contribution >= 4 is 29.0 Å². The molecule has 0 aliphatic rings. The number of nitrogens with zero attached hydrogens (tertiary/aromatic N) is 2. The van der Waals surface area contributed by atoms with Gasteiger partial charge >= 0.3 is 5.97 Å². The second-order valence-corrected chi connectivity index (χ2v) is 7.19. The fraction of sp³-hybridized carbons (Fsp3) is 0.174. The SMILES string of the molecule is COc1ccc(C(=O)Oc2ccc(/C=C(\C#N)c3nc(C)cs3)cc2OC)cc1OC. The minimum atomic E-state index is -0.571. The Morgan fingerprint density at radius 1 is 1.00 bits per heavy atom. The van der Waals surface area contributed by atoms with Crippen LogP contribution in [0.5, 0.6) is 23.0 Å². The van der Waals surface area contributed by atoms with Crippen LogP contribution in [0, 0.1) is 18.3 Å². The number of allylic oxidation sites excluding steroid dienone is 1. The van der Waals surface area contributed by atoms with E-state index in [0.29, 0.717) is 39.0 Å². The van der Waals surface area contributed by atoms with Gasteiger partial charge in [0.1, 0.15) is 11.1 Å². The van der Waals surface area contributed by atoms with E-state index in [-0.39, 0.29) is 5.75 Å². The average molecular weight is 436 g/mol. The van der Waals surface area contributed by atoms with Crippen molar-refractivity contribution in [2.75, 3.05) is 21.3 Å². The summed E-state index contributed by atoms with van der Waals surface area (Å²) in [5, 5.41) is 12.0. The lowest BCUT2D eigenvalue weighted by Gasteiger charge is -2.12. The first-order chi connectivity index (χ1) is 15.0. The molecule has 3 aromatic rings. The molecule has 7 nitrogen and oxygen atoms in total. The molecule has 1 heterocycles. The first kappa shape index (κ1) is 21.9. The molecule has 0 bridgehead atoms. The van der Waals surface area contributed by atoms with Gasteiger partial charge in [0.2, 0.25) is 0 Å². The molecule has 0 saturated carbocycles. The lowest BCUT2D eigenvalue weighted by atomic mass is 10.1. The Kier molecular flexibility index (Phi) is 6.90. The highest BCUT2D eigenvalue weighted by Crippen LogP contribution is 2.32. The van der Waals surface area contributed by atoms with Crippen molar-refractivity contribution < 1.29 is 23.7 Å². The Morgan fingerprint density at radius 2 is 1.68 bits per heavy atom. The monoisotopic (exact) mass is 436 g/mol. The number of methoxy groups -OCH3 is 3. The van der Waals surface area contributed by atoms with Crippen LogP contribution >= 0.6 is 11.3 Å². The Hall–Kier alpha value is -3.83. The minimum absolute atomic E-state index is 0.253. The maximum absolute atomic E-state index is 12.6. The predicted molar refractivity (Wildman–Crippen MR) is 118 cm³/mol. The quantitative estimate of drug-likeness (QED) is 0.300. The van der Waals surface area contributed by atoms with Gasteiger partial charge in [-0.3, -0.25) is 0 Å². The van der Waals surface area contributed by atoms with Gasteiger partial charge in [-0.2, -0.15) is 5.26 Å². The van der Waals surface area contributed by atoms with E-state index in [1.165, 1.54) is 32.7 Å². The van der Waals surface area contributed by atoms with E-state index >= 15 is 0 Å². The number of benzene rings is 2. The predicted octanol–water partition coefficient (Wildman–Crippen LogP) is 4.76. The van der Waals surface area contributed by atoms with E-state index in [1.54, 1.807) is 42.5 Å². The number of rotatable bonds is 7. The molecular formula is C23H20N2O5S. The van der Waals surface area contributed by atoms with Crippen molar-refractivity contribution in [3.8, 4) is 29.1 Å². The highest BCUT2D eigenvalue weighted by atomic mass is 32.1. The molecule has 1 aromatic heterocycles. The molecule has 0 radical (unpaired) electrons. The van der Waals surface area contributed by atoms with Crippen molar-refractivity contribution in [3.05, 3.63) is 63.6 Å². The maximum Gasteiger partial charge on any atom is 0.343 e. The summed E-state index contributed by atoms with van der Waals surface area (Å²) in [6.45, 7) is 1.87. The Bertz CT molecular complexity index is 1180. The number of aryl methyl sites for hydroxylation is 1. The van der Waals surface area contributed by atoms with Crippen LogP contribution < -0.4 is 18.9 Å². The summed E-state index contributed by atoms with van der Waals surface area (Å²) in [4.78, 5) is 17.0. The van der Waals surface area contributed by atoms with Gasteiger partial charge in [-0.15, -0.1) is 11.3 Å². The molecule has 31 heavy (non-hydrogen) atoms. The molecule has 0 spiro atoms. The van der Waals surface area contributed by atoms with E-state index in [4.69, 9.17) is 18.9 Å². The molecule has 0 N–H and O–H groups in total. The average Bonchev–Trinajstić information content (AvgIpc) is 3.23. The van der Waals surface area contributed by atoms with Gasteiger partial charge in [-0.05, 0) is 48.9 Å². The molecule has 158 valence electrons. The summed E-state index contributed by atoms with van der Waals surface area (Å²) < 4.78 is 21.3. The van der Waals surface area contributed by atoms with E-state index in [0.717, 1.165) is 5.69 Å². The number of hydrogen-bond acceptors (Lipinski definition) is 8. The van der Waals surface area contributed by atoms with Crippen LogP contribution in [0.3, 0.4) is 0 Å². The van der Waals surface area contributed by atoms with Crippen molar-refractivity contribution in [1.29, 1.82) is 5.26 Å². The van der Waals surface area contributed by atoms with Gasteiger partial charge in [0.15, 0.2) is 23.0 Å². The normalized spacial score (nSPS) is 10.9. The third-order valence-corrected chi connectivity index (χ3v) is 5.28. The summed E-state index contributed by atoms with van der Waals surface area (Å²) >= 11 is 1.40. The van der Waals surface area contributed by atoms with Crippen molar-refractivity contribution in [2.45, 2.75) is 6.92 Å². The van der Waals surface area contributed by atoms with Gasteiger partial charge in [0.25, 0.3) is 0 Å². The maximum atomic E-state index is 12.6. The Balaban J connectivity index is 1.86. The first-order valence-corrected chi connectivity index (χ1v) is 10.0. The number of esters is 1. The third kappa shape index (κ3) is 5.02. The van der Waals surface area contributed by atoms with Gasteiger partial charge in [0.05, 0.1) is 32.5 Å². The van der Waals surface area contributed by atoms with E-state index in [2.05, 4.69) is 11.1 Å². The van der Waals surface area contributed by atoms with E-state index in [1.807, 2.05) is 12.3 Å². The molecule has 0 aliphatic carbocycles. The van der Waals surface area contributed by atoms with Crippen molar-refractivity contribution in [1.82, 2.24) is 4.98 Å². The minimum Gasteiger partial charge on any atom is -0.493 e. The standard InChI is InChI=1S/C23H20N2O5S/c1-14-13-31-22(25-14)17(12-24)9-15-5-7-19(20(10-15)28-3)30-23(26)16-6-8-18(27-2)21(11-16)29-4/h5-11,13H,1-4H3/b17-9+. The fourth-order valence-electron chi connectivity index (χ4n) is 2.77. The number of carbonyl (C=O) groups is 1. The van der Waals surface area contributed by atoms with Crippen LogP contribution in [0.25, 0.3) is 11.6 Å². The van der Waals surface area contributed by atoms with Crippen molar-refractivity contribution in [2.24, 2.45) is 0 Å². The first-order valence-electron chi connectivity index (χ1n) is 9.15. The number of ether oxygens (including phenoxy) is 4. The Morgan fingerprint density at radius 3 is 2.29 bits per heavy atom. The van der Waals surface area contributed by atoms with E-state index in [9.17, 15) is 10.1 Å². The highest BCUT2D eigenvalue weighted by Gasteiger charge is 2.16. The molecule has 0 unspecified atom stereocenters. The van der Waals surface area contributed by atoms with Gasteiger partial charge < -0.3 is 18.9 Å². The molecule has 0 atom stereocenters. The molecular weight excluding hydrogens is 416 g/mol. The van der Waals surface area contributed by atoms with Crippen molar-refractivity contribution in [3.63, 3.8) is 0 Å². The second kappa shape index (κ2) is 9.78. The summed E-state index contributed by atoms with van der Waals surface area (Å²) in [7, 11) is 4.49. The molecule has 2 aromatic carbocycles. The molecule has 0 aliphatic heterocycles. The Labute approximate surface area is 184 Å². The summed E-state index contributed by atoms with van der Waals surface area (Å²) in [6, 6.07) is 12.0. The topological polar surface area (TPSA) is 90.7 Å². The van der Waals surface area contributed by atoms with Crippen LogP contribution in [-0.4, -0.2) is 32.3 Å². The lowest BCUT2D eigenvalue weighted by Crippen LogP contribution is -2.09. The van der Waals surface area contributed by atoms with Crippen LogP contribution in [-0.2, 0) is 0 Å². The molecule has 8 heteroatoms. The summed E-state index contributed by atoms with van der Waals surface area (Å²) in [5.74, 6) is 0.971. The van der Waals surface area contributed by atoms with Gasteiger partial charge in [0, 0.05) is 11.1 Å². The zero-order chi connectivity index (χ0) is 22.4. The summed E-state index contributed by atoms with van der Waals surface area (Å²) in [5.41, 5.74) is 2.31.